The molecule has 0 spiro atoms. The highest BCUT2D eigenvalue weighted by Crippen LogP contribution is 2.17. The minimum Gasteiger partial charge on any atom is -0.353 e. The Kier molecular flexibility index (Phi) is 5.37. The fourth-order valence-corrected chi connectivity index (χ4v) is 2.69. The average molecular weight is 263 g/mol. The first kappa shape index (κ1) is 14.0. The Bertz CT molecular complexity index is 411. The van der Waals surface area contributed by atoms with Crippen LogP contribution in [-0.4, -0.2) is 11.9 Å². The van der Waals surface area contributed by atoms with Crippen LogP contribution in [0.1, 0.15) is 50.5 Å². The molecule has 1 aliphatic carbocycles. The van der Waals surface area contributed by atoms with E-state index in [1.54, 1.807) is 18.2 Å². The van der Waals surface area contributed by atoms with Crippen molar-refractivity contribution in [2.75, 3.05) is 0 Å². The van der Waals surface area contributed by atoms with Gasteiger partial charge in [-0.3, -0.25) is 4.79 Å². The molecular formula is C16H22FNO. The second-order valence-electron chi connectivity index (χ2n) is 5.38. The van der Waals surface area contributed by atoms with E-state index in [0.717, 1.165) is 12.8 Å². The molecule has 2 rings (SSSR count). The summed E-state index contributed by atoms with van der Waals surface area (Å²) in [5, 5.41) is 3.06. The molecule has 104 valence electrons. The summed E-state index contributed by atoms with van der Waals surface area (Å²) in [6.07, 6.45) is 8.47. The molecule has 1 aromatic rings. The standard InChI is InChI=1S/C16H22FNO/c17-15-11-7-6-8-13(15)12-16(19)18-14-9-4-2-1-3-5-10-14/h6-8,11,14H,1-5,9-10,12H2,(H,18,19). The van der Waals surface area contributed by atoms with Crippen LogP contribution >= 0.6 is 0 Å². The number of benzene rings is 1. The molecular weight excluding hydrogens is 241 g/mol. The number of amides is 1. The van der Waals surface area contributed by atoms with Gasteiger partial charge in [0.15, 0.2) is 0 Å². The Morgan fingerprint density at radius 3 is 2.42 bits per heavy atom. The van der Waals surface area contributed by atoms with Gasteiger partial charge >= 0.3 is 0 Å². The first-order chi connectivity index (χ1) is 9.25. The molecule has 0 bridgehead atoms. The molecule has 1 saturated carbocycles. The summed E-state index contributed by atoms with van der Waals surface area (Å²) in [7, 11) is 0. The molecule has 0 atom stereocenters. The molecule has 1 aromatic carbocycles. The molecule has 1 amide bonds. The van der Waals surface area contributed by atoms with Crippen molar-refractivity contribution in [1.82, 2.24) is 5.32 Å². The van der Waals surface area contributed by atoms with Crippen LogP contribution < -0.4 is 5.32 Å². The Morgan fingerprint density at radius 1 is 1.11 bits per heavy atom. The van der Waals surface area contributed by atoms with Crippen molar-refractivity contribution in [1.29, 1.82) is 0 Å². The first-order valence-electron chi connectivity index (χ1n) is 7.28. The normalized spacial score (nSPS) is 17.5. The van der Waals surface area contributed by atoms with E-state index in [4.69, 9.17) is 0 Å². The minimum absolute atomic E-state index is 0.0596. The Morgan fingerprint density at radius 2 is 1.74 bits per heavy atom. The minimum atomic E-state index is -0.296. The summed E-state index contributed by atoms with van der Waals surface area (Å²) >= 11 is 0. The maximum absolute atomic E-state index is 13.5. The lowest BCUT2D eigenvalue weighted by Crippen LogP contribution is -2.36. The Labute approximate surface area is 114 Å². The zero-order chi connectivity index (χ0) is 13.5. The highest BCUT2D eigenvalue weighted by Gasteiger charge is 2.15. The third kappa shape index (κ3) is 4.66. The molecule has 0 saturated heterocycles. The average Bonchev–Trinajstić information content (AvgIpc) is 2.35. The van der Waals surface area contributed by atoms with Crippen LogP contribution in [0.15, 0.2) is 24.3 Å². The van der Waals surface area contributed by atoms with Crippen molar-refractivity contribution in [2.45, 2.75) is 57.4 Å². The van der Waals surface area contributed by atoms with Gasteiger partial charge in [0.25, 0.3) is 0 Å². The molecule has 1 fully saturated rings. The quantitative estimate of drug-likeness (QED) is 0.887. The second kappa shape index (κ2) is 7.27. The largest absolute Gasteiger partial charge is 0.353 e. The second-order valence-corrected chi connectivity index (χ2v) is 5.38. The predicted octanol–water partition coefficient (Wildman–Crippen LogP) is 3.60. The van der Waals surface area contributed by atoms with E-state index in [1.165, 1.54) is 38.2 Å². The highest BCUT2D eigenvalue weighted by atomic mass is 19.1. The van der Waals surface area contributed by atoms with E-state index < -0.39 is 0 Å². The van der Waals surface area contributed by atoms with Gasteiger partial charge in [0, 0.05) is 6.04 Å². The van der Waals surface area contributed by atoms with Crippen molar-refractivity contribution in [3.63, 3.8) is 0 Å². The van der Waals surface area contributed by atoms with E-state index in [-0.39, 0.29) is 24.2 Å². The molecule has 0 heterocycles. The van der Waals surface area contributed by atoms with Gasteiger partial charge in [-0.25, -0.2) is 4.39 Å². The third-order valence-corrected chi connectivity index (χ3v) is 3.78. The van der Waals surface area contributed by atoms with E-state index in [0.29, 0.717) is 5.56 Å². The lowest BCUT2D eigenvalue weighted by Gasteiger charge is -2.21. The molecule has 3 heteroatoms. The van der Waals surface area contributed by atoms with Crippen LogP contribution in [-0.2, 0) is 11.2 Å². The van der Waals surface area contributed by atoms with Crippen LogP contribution in [0.5, 0.6) is 0 Å². The van der Waals surface area contributed by atoms with Crippen molar-refractivity contribution in [2.24, 2.45) is 0 Å². The van der Waals surface area contributed by atoms with E-state index in [9.17, 15) is 9.18 Å². The number of carbonyl (C=O) groups excluding carboxylic acids is 1. The summed E-state index contributed by atoms with van der Waals surface area (Å²) in [6, 6.07) is 6.76. The van der Waals surface area contributed by atoms with Gasteiger partial charge < -0.3 is 5.32 Å². The molecule has 1 aliphatic rings. The summed E-state index contributed by atoms with van der Waals surface area (Å²) < 4.78 is 13.5. The van der Waals surface area contributed by atoms with Crippen LogP contribution in [0.25, 0.3) is 0 Å². The maximum Gasteiger partial charge on any atom is 0.224 e. The van der Waals surface area contributed by atoms with Gasteiger partial charge in [-0.1, -0.05) is 50.3 Å². The summed E-state index contributed by atoms with van der Waals surface area (Å²) in [5.74, 6) is -0.356. The molecule has 0 radical (unpaired) electrons. The SMILES string of the molecule is O=C(Cc1ccccc1F)NC1CCCCCCC1. The predicted molar refractivity (Wildman–Crippen MR) is 74.4 cm³/mol. The van der Waals surface area contributed by atoms with Gasteiger partial charge in [-0.05, 0) is 24.5 Å². The van der Waals surface area contributed by atoms with Crippen LogP contribution in [0.4, 0.5) is 4.39 Å². The van der Waals surface area contributed by atoms with Gasteiger partial charge in [-0.2, -0.15) is 0 Å². The fraction of sp³-hybridized carbons (Fsp3) is 0.562. The Hall–Kier alpha value is -1.38. The molecule has 0 unspecified atom stereocenters. The first-order valence-corrected chi connectivity index (χ1v) is 7.28. The molecule has 0 aromatic heterocycles. The number of carbonyl (C=O) groups is 1. The maximum atomic E-state index is 13.5. The van der Waals surface area contributed by atoms with E-state index in [2.05, 4.69) is 5.32 Å². The van der Waals surface area contributed by atoms with Gasteiger partial charge in [0.1, 0.15) is 5.82 Å². The number of rotatable bonds is 3. The van der Waals surface area contributed by atoms with Gasteiger partial charge in [0.05, 0.1) is 6.42 Å². The lowest BCUT2D eigenvalue weighted by atomic mass is 9.96. The number of halogens is 1. The summed E-state index contributed by atoms with van der Waals surface area (Å²) in [4.78, 5) is 12.0. The van der Waals surface area contributed by atoms with Crippen molar-refractivity contribution in [3.05, 3.63) is 35.6 Å². The van der Waals surface area contributed by atoms with Gasteiger partial charge in [-0.15, -0.1) is 0 Å². The lowest BCUT2D eigenvalue weighted by molar-refractivity contribution is -0.121. The molecule has 0 aliphatic heterocycles. The third-order valence-electron chi connectivity index (χ3n) is 3.78. The molecule has 19 heavy (non-hydrogen) atoms. The van der Waals surface area contributed by atoms with Crippen molar-refractivity contribution >= 4 is 5.91 Å². The van der Waals surface area contributed by atoms with Crippen LogP contribution in [0.3, 0.4) is 0 Å². The summed E-state index contributed by atoms with van der Waals surface area (Å²) in [5.41, 5.74) is 0.478. The topological polar surface area (TPSA) is 29.1 Å². The fourth-order valence-electron chi connectivity index (χ4n) is 2.69. The van der Waals surface area contributed by atoms with Gasteiger partial charge in [0.2, 0.25) is 5.91 Å². The zero-order valence-electron chi connectivity index (χ0n) is 11.3. The number of hydrogen-bond acceptors (Lipinski definition) is 1. The smallest absolute Gasteiger partial charge is 0.224 e. The molecule has 1 N–H and O–H groups in total. The van der Waals surface area contributed by atoms with E-state index >= 15 is 0 Å². The number of nitrogens with one attached hydrogen (secondary N) is 1. The zero-order valence-corrected chi connectivity index (χ0v) is 11.3. The Balaban J connectivity index is 1.84. The van der Waals surface area contributed by atoms with E-state index in [1.807, 2.05) is 0 Å². The monoisotopic (exact) mass is 263 g/mol. The van der Waals surface area contributed by atoms with Crippen LogP contribution in [0, 0.1) is 5.82 Å². The van der Waals surface area contributed by atoms with Crippen LogP contribution in [0.2, 0.25) is 0 Å². The van der Waals surface area contributed by atoms with Crippen molar-refractivity contribution in [3.8, 4) is 0 Å². The number of hydrogen-bond donors (Lipinski definition) is 1. The highest BCUT2D eigenvalue weighted by molar-refractivity contribution is 5.78. The van der Waals surface area contributed by atoms with Crippen molar-refractivity contribution < 1.29 is 9.18 Å². The molecule has 2 nitrogen and oxygen atoms in total. The summed E-state index contributed by atoms with van der Waals surface area (Å²) in [6.45, 7) is 0.